The van der Waals surface area contributed by atoms with E-state index >= 15 is 0 Å². The molecule has 7 nitrogen and oxygen atoms in total. The molecule has 0 aliphatic heterocycles. The first-order chi connectivity index (χ1) is 13.4. The predicted molar refractivity (Wildman–Crippen MR) is 103 cm³/mol. The number of phenolic OH excluding ortho intramolecular Hbond substituents is 1. The number of rotatable bonds is 4. The zero-order valence-electron chi connectivity index (χ0n) is 16.0. The summed E-state index contributed by atoms with van der Waals surface area (Å²) >= 11 is 0. The molecule has 0 fully saturated rings. The Morgan fingerprint density at radius 3 is 2.21 bits per heavy atom. The lowest BCUT2D eigenvalue weighted by Gasteiger charge is -2.09. The third kappa shape index (κ3) is 3.22. The quantitative estimate of drug-likeness (QED) is 0.698. The average Bonchev–Trinajstić information content (AvgIpc) is 3.06. The number of nitrogens with zero attached hydrogens (tertiary/aromatic N) is 2. The van der Waals surface area contributed by atoms with E-state index in [1.54, 1.807) is 37.3 Å². The minimum absolute atomic E-state index is 0.0446. The SMILES string of the molecule is COC(=O)c1c(-c2c(C)cc(C)cc2O)nn(-c2ccccc2)c1C(=O)OC. The van der Waals surface area contributed by atoms with E-state index in [1.807, 2.05) is 19.1 Å². The molecular weight excluding hydrogens is 360 g/mol. The van der Waals surface area contributed by atoms with Gasteiger partial charge in [-0.25, -0.2) is 14.3 Å². The van der Waals surface area contributed by atoms with Gasteiger partial charge in [-0.2, -0.15) is 5.10 Å². The van der Waals surface area contributed by atoms with Crippen LogP contribution in [-0.2, 0) is 9.47 Å². The fourth-order valence-corrected chi connectivity index (χ4v) is 3.18. The summed E-state index contributed by atoms with van der Waals surface area (Å²) in [5.74, 6) is -1.54. The van der Waals surface area contributed by atoms with Crippen LogP contribution < -0.4 is 0 Å². The second-order valence-corrected chi connectivity index (χ2v) is 6.28. The summed E-state index contributed by atoms with van der Waals surface area (Å²) in [6.45, 7) is 3.64. The van der Waals surface area contributed by atoms with Gasteiger partial charge >= 0.3 is 11.9 Å². The van der Waals surface area contributed by atoms with Crippen molar-refractivity contribution in [3.8, 4) is 22.7 Å². The van der Waals surface area contributed by atoms with Crippen molar-refractivity contribution < 1.29 is 24.2 Å². The van der Waals surface area contributed by atoms with Crippen LogP contribution in [0.2, 0.25) is 0 Å². The van der Waals surface area contributed by atoms with Crippen molar-refractivity contribution in [3.05, 3.63) is 64.8 Å². The largest absolute Gasteiger partial charge is 0.507 e. The number of hydrogen-bond acceptors (Lipinski definition) is 6. The number of carbonyl (C=O) groups is 2. The lowest BCUT2D eigenvalue weighted by atomic mass is 9.98. The molecule has 1 N–H and O–H groups in total. The summed E-state index contributed by atoms with van der Waals surface area (Å²) < 4.78 is 11.1. The molecule has 0 atom stereocenters. The number of aromatic hydroxyl groups is 1. The number of aromatic nitrogens is 2. The second kappa shape index (κ2) is 7.56. The van der Waals surface area contributed by atoms with Crippen LogP contribution in [0.4, 0.5) is 0 Å². The molecular formula is C21H20N2O5. The van der Waals surface area contributed by atoms with Crippen LogP contribution in [0.5, 0.6) is 5.75 Å². The zero-order chi connectivity index (χ0) is 20.4. The lowest BCUT2D eigenvalue weighted by molar-refractivity contribution is 0.0549. The molecule has 0 saturated heterocycles. The number of carbonyl (C=O) groups excluding carboxylic acids is 2. The molecule has 0 aliphatic rings. The van der Waals surface area contributed by atoms with Gasteiger partial charge in [-0.1, -0.05) is 24.3 Å². The van der Waals surface area contributed by atoms with E-state index in [4.69, 9.17) is 9.47 Å². The topological polar surface area (TPSA) is 90.6 Å². The van der Waals surface area contributed by atoms with Crippen LogP contribution in [-0.4, -0.2) is 41.0 Å². The summed E-state index contributed by atoms with van der Waals surface area (Å²) in [6, 6.07) is 12.3. The molecule has 0 radical (unpaired) electrons. The molecule has 28 heavy (non-hydrogen) atoms. The molecule has 0 bridgehead atoms. The number of methoxy groups -OCH3 is 2. The number of esters is 2. The van der Waals surface area contributed by atoms with Gasteiger partial charge in [-0.15, -0.1) is 0 Å². The lowest BCUT2D eigenvalue weighted by Crippen LogP contribution is -2.15. The van der Waals surface area contributed by atoms with Crippen LogP contribution in [0.1, 0.15) is 32.0 Å². The van der Waals surface area contributed by atoms with Crippen LogP contribution in [0.3, 0.4) is 0 Å². The molecule has 3 aromatic rings. The highest BCUT2D eigenvalue weighted by atomic mass is 16.5. The van der Waals surface area contributed by atoms with Crippen molar-refractivity contribution in [2.24, 2.45) is 0 Å². The molecule has 3 rings (SSSR count). The van der Waals surface area contributed by atoms with Crippen molar-refractivity contribution in [3.63, 3.8) is 0 Å². The summed E-state index contributed by atoms with van der Waals surface area (Å²) in [5, 5.41) is 15.0. The van der Waals surface area contributed by atoms with Gasteiger partial charge in [0.05, 0.1) is 19.9 Å². The Morgan fingerprint density at radius 2 is 1.64 bits per heavy atom. The van der Waals surface area contributed by atoms with Gasteiger partial charge in [0.2, 0.25) is 0 Å². The molecule has 0 aliphatic carbocycles. The van der Waals surface area contributed by atoms with Gasteiger partial charge < -0.3 is 14.6 Å². The highest BCUT2D eigenvalue weighted by molar-refractivity contribution is 6.07. The van der Waals surface area contributed by atoms with Crippen molar-refractivity contribution in [2.45, 2.75) is 13.8 Å². The van der Waals surface area contributed by atoms with Gasteiger partial charge in [-0.05, 0) is 43.2 Å². The summed E-state index contributed by atoms with van der Waals surface area (Å²) in [7, 11) is 2.44. The fourth-order valence-electron chi connectivity index (χ4n) is 3.18. The number of para-hydroxylation sites is 1. The van der Waals surface area contributed by atoms with E-state index in [1.165, 1.54) is 18.9 Å². The Labute approximate surface area is 162 Å². The van der Waals surface area contributed by atoms with E-state index in [0.29, 0.717) is 16.8 Å². The van der Waals surface area contributed by atoms with Gasteiger partial charge in [0.1, 0.15) is 17.0 Å². The zero-order valence-corrected chi connectivity index (χ0v) is 16.0. The minimum Gasteiger partial charge on any atom is -0.507 e. The number of aryl methyl sites for hydroxylation is 2. The molecule has 0 unspecified atom stereocenters. The monoisotopic (exact) mass is 380 g/mol. The van der Waals surface area contributed by atoms with Crippen molar-refractivity contribution >= 4 is 11.9 Å². The highest BCUT2D eigenvalue weighted by Crippen LogP contribution is 2.37. The summed E-state index contributed by atoms with van der Waals surface area (Å²) in [5.41, 5.74) is 2.47. The predicted octanol–water partition coefficient (Wildman–Crippen LogP) is 3.43. The first kappa shape index (κ1) is 19.2. The highest BCUT2D eigenvalue weighted by Gasteiger charge is 2.32. The third-order valence-electron chi connectivity index (χ3n) is 4.35. The Bertz CT molecular complexity index is 1030. The van der Waals surface area contributed by atoms with E-state index in [2.05, 4.69) is 5.10 Å². The maximum absolute atomic E-state index is 12.6. The van der Waals surface area contributed by atoms with E-state index in [9.17, 15) is 14.7 Å². The van der Waals surface area contributed by atoms with E-state index in [-0.39, 0.29) is 22.7 Å². The normalized spacial score (nSPS) is 10.6. The number of ether oxygens (including phenoxy) is 2. The van der Waals surface area contributed by atoms with Gasteiger partial charge in [0.25, 0.3) is 0 Å². The summed E-state index contributed by atoms with van der Waals surface area (Å²) in [6.07, 6.45) is 0. The fraction of sp³-hybridized carbons (Fsp3) is 0.190. The Kier molecular flexibility index (Phi) is 5.17. The molecule has 0 saturated carbocycles. The Balaban J connectivity index is 2.43. The molecule has 2 aromatic carbocycles. The molecule has 1 heterocycles. The second-order valence-electron chi connectivity index (χ2n) is 6.28. The Hall–Kier alpha value is -3.61. The van der Waals surface area contributed by atoms with Crippen LogP contribution in [0, 0.1) is 13.8 Å². The number of hydrogen-bond donors (Lipinski definition) is 1. The maximum Gasteiger partial charge on any atom is 0.357 e. The van der Waals surface area contributed by atoms with E-state index < -0.39 is 11.9 Å². The molecule has 0 spiro atoms. The molecule has 0 amide bonds. The summed E-state index contributed by atoms with van der Waals surface area (Å²) in [4.78, 5) is 25.2. The molecule has 144 valence electrons. The number of phenols is 1. The van der Waals surface area contributed by atoms with Crippen LogP contribution >= 0.6 is 0 Å². The Morgan fingerprint density at radius 1 is 1.00 bits per heavy atom. The average molecular weight is 380 g/mol. The van der Waals surface area contributed by atoms with Crippen LogP contribution in [0.15, 0.2) is 42.5 Å². The van der Waals surface area contributed by atoms with Gasteiger partial charge in [-0.3, -0.25) is 0 Å². The van der Waals surface area contributed by atoms with E-state index in [0.717, 1.165) is 5.56 Å². The van der Waals surface area contributed by atoms with Gasteiger partial charge in [0.15, 0.2) is 5.69 Å². The smallest absolute Gasteiger partial charge is 0.357 e. The first-order valence-corrected chi connectivity index (χ1v) is 8.54. The molecule has 7 heteroatoms. The third-order valence-corrected chi connectivity index (χ3v) is 4.35. The van der Waals surface area contributed by atoms with Crippen LogP contribution in [0.25, 0.3) is 16.9 Å². The minimum atomic E-state index is -0.753. The maximum atomic E-state index is 12.6. The molecule has 1 aromatic heterocycles. The van der Waals surface area contributed by atoms with Crippen molar-refractivity contribution in [1.82, 2.24) is 9.78 Å². The number of benzene rings is 2. The van der Waals surface area contributed by atoms with Gasteiger partial charge in [0, 0.05) is 5.56 Å². The van der Waals surface area contributed by atoms with Crippen molar-refractivity contribution in [1.29, 1.82) is 0 Å². The first-order valence-electron chi connectivity index (χ1n) is 8.54. The van der Waals surface area contributed by atoms with Crippen molar-refractivity contribution in [2.75, 3.05) is 14.2 Å². The standard InChI is InChI=1S/C21H20N2O5/c1-12-10-13(2)16(15(24)11-12)18-17(20(25)27-3)19(21(26)28-4)23(22-18)14-8-6-5-7-9-14/h5-11,24H,1-4H3.